The van der Waals surface area contributed by atoms with E-state index in [9.17, 15) is 4.79 Å². The number of ether oxygens (including phenoxy) is 1. The largest absolute Gasteiger partial charge is 0.484 e. The van der Waals surface area contributed by atoms with Crippen molar-refractivity contribution in [1.29, 1.82) is 5.26 Å². The molecule has 0 unspecified atom stereocenters. The maximum absolute atomic E-state index is 11.9. The molecule has 5 heteroatoms. The Kier molecular flexibility index (Phi) is 5.52. The highest BCUT2D eigenvalue weighted by molar-refractivity contribution is 6.30. The highest BCUT2D eigenvalue weighted by Crippen LogP contribution is 2.23. The molecule has 1 N–H and O–H groups in total. The second-order valence-electron chi connectivity index (χ2n) is 5.56. The number of hydrogen-bond acceptors (Lipinski definition) is 3. The standard InChI is InChI=1S/C21H15ClN2O2/c22-18-7-9-19(10-8-18)24-21(25)14-26-20-11-5-17(6-12-20)16-3-1-15(13-23)2-4-16/h1-12H,14H2,(H,24,25). The van der Waals surface area contributed by atoms with Crippen LogP contribution < -0.4 is 10.1 Å². The summed E-state index contributed by atoms with van der Waals surface area (Å²) in [5, 5.41) is 12.2. The van der Waals surface area contributed by atoms with Crippen LogP contribution in [0.15, 0.2) is 72.8 Å². The number of amides is 1. The van der Waals surface area contributed by atoms with Crippen LogP contribution in [0.3, 0.4) is 0 Å². The number of benzene rings is 3. The highest BCUT2D eigenvalue weighted by atomic mass is 35.5. The topological polar surface area (TPSA) is 62.1 Å². The van der Waals surface area contributed by atoms with Crippen molar-refractivity contribution in [3.63, 3.8) is 0 Å². The van der Waals surface area contributed by atoms with Crippen molar-refractivity contribution >= 4 is 23.2 Å². The summed E-state index contributed by atoms with van der Waals surface area (Å²) >= 11 is 5.81. The first-order valence-electron chi connectivity index (χ1n) is 7.93. The fourth-order valence-electron chi connectivity index (χ4n) is 2.36. The predicted molar refractivity (Wildman–Crippen MR) is 102 cm³/mol. The molecule has 0 fully saturated rings. The normalized spacial score (nSPS) is 10.0. The molecule has 1 amide bonds. The third kappa shape index (κ3) is 4.62. The second kappa shape index (κ2) is 8.19. The van der Waals surface area contributed by atoms with Gasteiger partial charge in [0.15, 0.2) is 6.61 Å². The van der Waals surface area contributed by atoms with Gasteiger partial charge in [-0.3, -0.25) is 4.79 Å². The lowest BCUT2D eigenvalue weighted by atomic mass is 10.0. The van der Waals surface area contributed by atoms with Crippen LogP contribution in [0.5, 0.6) is 5.75 Å². The number of nitrogens with zero attached hydrogens (tertiary/aromatic N) is 1. The van der Waals surface area contributed by atoms with Gasteiger partial charge in [-0.15, -0.1) is 0 Å². The summed E-state index contributed by atoms with van der Waals surface area (Å²) in [6, 6.07) is 23.8. The van der Waals surface area contributed by atoms with Crippen LogP contribution in [-0.4, -0.2) is 12.5 Å². The van der Waals surface area contributed by atoms with E-state index >= 15 is 0 Å². The molecule has 128 valence electrons. The number of anilines is 1. The molecule has 0 aliphatic rings. The monoisotopic (exact) mass is 362 g/mol. The third-order valence-electron chi connectivity index (χ3n) is 3.70. The van der Waals surface area contributed by atoms with E-state index in [0.717, 1.165) is 11.1 Å². The zero-order chi connectivity index (χ0) is 18.4. The van der Waals surface area contributed by atoms with Crippen molar-refractivity contribution < 1.29 is 9.53 Å². The summed E-state index contributed by atoms with van der Waals surface area (Å²) in [5.41, 5.74) is 3.31. The first-order chi connectivity index (χ1) is 12.6. The molecule has 0 atom stereocenters. The van der Waals surface area contributed by atoms with Crippen molar-refractivity contribution in [2.24, 2.45) is 0 Å². The van der Waals surface area contributed by atoms with Crippen LogP contribution in [0.2, 0.25) is 5.02 Å². The maximum Gasteiger partial charge on any atom is 0.262 e. The summed E-state index contributed by atoms with van der Waals surface area (Å²) < 4.78 is 5.51. The van der Waals surface area contributed by atoms with Gasteiger partial charge < -0.3 is 10.1 Å². The Bertz CT molecular complexity index is 928. The van der Waals surface area contributed by atoms with Crippen molar-refractivity contribution in [2.75, 3.05) is 11.9 Å². The van der Waals surface area contributed by atoms with Gasteiger partial charge in [-0.1, -0.05) is 35.9 Å². The van der Waals surface area contributed by atoms with Gasteiger partial charge in [-0.2, -0.15) is 5.26 Å². The Hall–Kier alpha value is -3.29. The molecule has 0 radical (unpaired) electrons. The molecule has 0 heterocycles. The molecule has 3 rings (SSSR count). The molecule has 0 aliphatic heterocycles. The molecule has 3 aromatic rings. The molecule has 3 aromatic carbocycles. The van der Waals surface area contributed by atoms with Gasteiger partial charge in [0.2, 0.25) is 0 Å². The van der Waals surface area contributed by atoms with Crippen molar-refractivity contribution in [1.82, 2.24) is 0 Å². The van der Waals surface area contributed by atoms with Gasteiger partial charge in [-0.25, -0.2) is 0 Å². The summed E-state index contributed by atoms with van der Waals surface area (Å²) in [6.45, 7) is -0.0845. The van der Waals surface area contributed by atoms with E-state index in [0.29, 0.717) is 22.0 Å². The fraction of sp³-hybridized carbons (Fsp3) is 0.0476. The smallest absolute Gasteiger partial charge is 0.262 e. The van der Waals surface area contributed by atoms with E-state index in [1.807, 2.05) is 36.4 Å². The first-order valence-corrected chi connectivity index (χ1v) is 8.31. The minimum Gasteiger partial charge on any atom is -0.484 e. The lowest BCUT2D eigenvalue weighted by Crippen LogP contribution is -2.20. The summed E-state index contributed by atoms with van der Waals surface area (Å²) in [4.78, 5) is 11.9. The Morgan fingerprint density at radius 3 is 2.08 bits per heavy atom. The van der Waals surface area contributed by atoms with Gasteiger partial charge in [0, 0.05) is 10.7 Å². The number of nitrogens with one attached hydrogen (secondary N) is 1. The van der Waals surface area contributed by atoms with Crippen molar-refractivity contribution in [3.8, 4) is 22.9 Å². The van der Waals surface area contributed by atoms with Gasteiger partial charge in [0.05, 0.1) is 11.6 Å². The van der Waals surface area contributed by atoms with E-state index in [4.69, 9.17) is 21.6 Å². The predicted octanol–water partition coefficient (Wildman–Crippen LogP) is 4.90. The lowest BCUT2D eigenvalue weighted by molar-refractivity contribution is -0.118. The molecular weight excluding hydrogens is 348 g/mol. The average molecular weight is 363 g/mol. The molecule has 26 heavy (non-hydrogen) atoms. The van der Waals surface area contributed by atoms with Crippen LogP contribution in [0, 0.1) is 11.3 Å². The van der Waals surface area contributed by atoms with Gasteiger partial charge in [0.1, 0.15) is 5.75 Å². The zero-order valence-electron chi connectivity index (χ0n) is 13.8. The van der Waals surface area contributed by atoms with Gasteiger partial charge in [-0.05, 0) is 59.7 Å². The minimum absolute atomic E-state index is 0.0845. The first kappa shape index (κ1) is 17.5. The molecule has 0 aromatic heterocycles. The number of carbonyl (C=O) groups is 1. The Balaban J connectivity index is 1.56. The van der Waals surface area contributed by atoms with E-state index < -0.39 is 0 Å². The SMILES string of the molecule is N#Cc1ccc(-c2ccc(OCC(=O)Nc3ccc(Cl)cc3)cc2)cc1. The van der Waals surface area contributed by atoms with E-state index in [1.54, 1.807) is 36.4 Å². The summed E-state index contributed by atoms with van der Waals surface area (Å²) in [7, 11) is 0. The third-order valence-corrected chi connectivity index (χ3v) is 3.95. The molecule has 0 saturated carbocycles. The van der Waals surface area contributed by atoms with Gasteiger partial charge in [0.25, 0.3) is 5.91 Å². The van der Waals surface area contributed by atoms with Crippen LogP contribution >= 0.6 is 11.6 Å². The molecule has 0 spiro atoms. The summed E-state index contributed by atoms with van der Waals surface area (Å²) in [6.07, 6.45) is 0. The van der Waals surface area contributed by atoms with E-state index in [-0.39, 0.29) is 12.5 Å². The number of rotatable bonds is 5. The number of hydrogen-bond donors (Lipinski definition) is 1. The van der Waals surface area contributed by atoms with Crippen LogP contribution in [0.25, 0.3) is 11.1 Å². The second-order valence-corrected chi connectivity index (χ2v) is 5.99. The Morgan fingerprint density at radius 1 is 0.923 bits per heavy atom. The van der Waals surface area contributed by atoms with E-state index in [1.165, 1.54) is 0 Å². The Morgan fingerprint density at radius 2 is 1.50 bits per heavy atom. The van der Waals surface area contributed by atoms with E-state index in [2.05, 4.69) is 11.4 Å². The Labute approximate surface area is 156 Å². The quantitative estimate of drug-likeness (QED) is 0.702. The molecule has 0 saturated heterocycles. The number of carbonyl (C=O) groups excluding carboxylic acids is 1. The highest BCUT2D eigenvalue weighted by Gasteiger charge is 2.05. The average Bonchev–Trinajstić information content (AvgIpc) is 2.69. The number of nitriles is 1. The van der Waals surface area contributed by atoms with Crippen LogP contribution in [-0.2, 0) is 4.79 Å². The van der Waals surface area contributed by atoms with Gasteiger partial charge >= 0.3 is 0 Å². The minimum atomic E-state index is -0.247. The lowest BCUT2D eigenvalue weighted by Gasteiger charge is -2.08. The molecule has 0 bridgehead atoms. The summed E-state index contributed by atoms with van der Waals surface area (Å²) in [5.74, 6) is 0.358. The molecule has 0 aliphatic carbocycles. The zero-order valence-corrected chi connectivity index (χ0v) is 14.5. The molecule has 4 nitrogen and oxygen atoms in total. The van der Waals surface area contributed by atoms with Crippen LogP contribution in [0.4, 0.5) is 5.69 Å². The maximum atomic E-state index is 11.9. The van der Waals surface area contributed by atoms with Crippen LogP contribution in [0.1, 0.15) is 5.56 Å². The molecular formula is C21H15ClN2O2. The van der Waals surface area contributed by atoms with Crippen molar-refractivity contribution in [3.05, 3.63) is 83.4 Å². The fourth-order valence-corrected chi connectivity index (χ4v) is 2.49. The number of halogens is 1. The van der Waals surface area contributed by atoms with Crippen molar-refractivity contribution in [2.45, 2.75) is 0 Å².